The Balaban J connectivity index is 2.35. The summed E-state index contributed by atoms with van der Waals surface area (Å²) in [6.07, 6.45) is 3.78. The third kappa shape index (κ3) is 9.35. The maximum Gasteiger partial charge on any atom is 0.214 e. The van der Waals surface area contributed by atoms with E-state index in [0.717, 1.165) is 81.0 Å². The molecule has 2 rings (SSSR count). The van der Waals surface area contributed by atoms with E-state index in [9.17, 15) is 19.8 Å². The molecule has 0 aliphatic heterocycles. The molecule has 0 saturated heterocycles. The van der Waals surface area contributed by atoms with Gasteiger partial charge in [0.1, 0.15) is 0 Å². The summed E-state index contributed by atoms with van der Waals surface area (Å²) in [5, 5.41) is 19.6. The van der Waals surface area contributed by atoms with Crippen molar-refractivity contribution in [3.63, 3.8) is 0 Å². The van der Waals surface area contributed by atoms with E-state index in [0.29, 0.717) is 24.2 Å². The normalized spacial score (nSPS) is 12.5. The Kier molecular flexibility index (Phi) is 14.6. The second-order valence-electron chi connectivity index (χ2n) is 9.88. The van der Waals surface area contributed by atoms with Crippen molar-refractivity contribution in [1.29, 1.82) is 0 Å². The van der Waals surface area contributed by atoms with Crippen LogP contribution in [0.4, 0.5) is 0 Å². The molecule has 0 atom stereocenters. The molecule has 2 heterocycles. The van der Waals surface area contributed by atoms with Crippen LogP contribution >= 0.6 is 21.6 Å². The topological polar surface area (TPSA) is 133 Å². The molecule has 2 amide bonds. The maximum atomic E-state index is 12.2. The van der Waals surface area contributed by atoms with Crippen LogP contribution in [0.15, 0.2) is 21.2 Å². The molecule has 0 bridgehead atoms. The van der Waals surface area contributed by atoms with Gasteiger partial charge in [-0.3, -0.25) is 29.5 Å². The number of carbonyl (C=O) groups excluding carboxylic acids is 2. The first kappa shape index (κ1) is 35.4. The summed E-state index contributed by atoms with van der Waals surface area (Å²) in [5.41, 5.74) is 7.95. The Morgan fingerprint density at radius 1 is 0.643 bits per heavy atom. The van der Waals surface area contributed by atoms with Crippen LogP contribution in [0.1, 0.15) is 86.1 Å². The fourth-order valence-electron chi connectivity index (χ4n) is 4.34. The van der Waals surface area contributed by atoms with Gasteiger partial charge in [0.25, 0.3) is 0 Å². The van der Waals surface area contributed by atoms with Crippen molar-refractivity contribution in [2.45, 2.75) is 94.2 Å². The first-order chi connectivity index (χ1) is 20.0. The van der Waals surface area contributed by atoms with Gasteiger partial charge in [0, 0.05) is 47.3 Å². The number of hydrogen-bond donors (Lipinski definition) is 2. The van der Waals surface area contributed by atoms with Crippen LogP contribution in [0, 0.1) is 27.7 Å². The molecule has 2 aromatic rings. The zero-order valence-electron chi connectivity index (χ0n) is 26.0. The van der Waals surface area contributed by atoms with Crippen LogP contribution in [0.5, 0.6) is 0 Å². The second-order valence-corrected chi connectivity index (χ2v) is 12.2. The molecular weight excluding hydrogens is 573 g/mol. The van der Waals surface area contributed by atoms with E-state index in [1.165, 1.54) is 21.6 Å². The molecule has 42 heavy (non-hydrogen) atoms. The lowest BCUT2D eigenvalue weighted by Crippen LogP contribution is -2.23. The highest BCUT2D eigenvalue weighted by molar-refractivity contribution is 8.79. The van der Waals surface area contributed by atoms with Crippen molar-refractivity contribution in [1.82, 2.24) is 29.7 Å². The molecule has 2 N–H and O–H groups in total. The van der Waals surface area contributed by atoms with Crippen LogP contribution in [-0.2, 0) is 35.5 Å². The largest absolute Gasteiger partial charge is 0.396 e. The van der Waals surface area contributed by atoms with Gasteiger partial charge >= 0.3 is 0 Å². The lowest BCUT2D eigenvalue weighted by molar-refractivity contribution is -0.117. The van der Waals surface area contributed by atoms with Crippen LogP contribution in [0.3, 0.4) is 0 Å². The van der Waals surface area contributed by atoms with E-state index < -0.39 is 0 Å². The number of aliphatic hydroxyl groups is 2. The second kappa shape index (κ2) is 17.3. The standard InChI is InChI=1S/C30H44N6O4S2/c1-9-25-19(3)33-27(21(5)31-25)15-35(17-39)23(7)29(11-13-37)41-42-30(12-14-38)24(8)36(18-40)16-28-22(6)32-26(10-2)20(4)34-28/h17-18,37-38H,9-16H2,1-8H3/b29-23-,30-24-. The van der Waals surface area contributed by atoms with Crippen molar-refractivity contribution in [2.24, 2.45) is 0 Å². The molecule has 0 unspecified atom stereocenters. The van der Waals surface area contributed by atoms with E-state index in [1.807, 2.05) is 55.4 Å². The number of aromatic nitrogens is 4. The molecule has 0 aliphatic carbocycles. The fraction of sp³-hybridized carbons (Fsp3) is 0.533. The number of aliphatic hydroxyl groups excluding tert-OH is 2. The molecule has 0 saturated carbocycles. The SMILES string of the molecule is CCc1nc(C)c(CN(C=O)/C(C)=C(/CCO)SS/C(CCO)=C(/C)N(C=O)Cc2nc(C)c(CC)nc2C)nc1C. The molecule has 0 aliphatic rings. The third-order valence-corrected chi connectivity index (χ3v) is 9.98. The predicted octanol–water partition coefficient (Wildman–Crippen LogP) is 4.85. The van der Waals surface area contributed by atoms with Crippen molar-refractivity contribution < 1.29 is 19.8 Å². The minimum atomic E-state index is -0.0976. The number of aryl methyl sites for hydroxylation is 6. The zero-order valence-corrected chi connectivity index (χ0v) is 27.7. The van der Waals surface area contributed by atoms with Gasteiger partial charge in [-0.05, 0) is 54.4 Å². The lowest BCUT2D eigenvalue weighted by atomic mass is 10.2. The van der Waals surface area contributed by atoms with Gasteiger partial charge < -0.3 is 20.0 Å². The van der Waals surface area contributed by atoms with Crippen LogP contribution in [0.25, 0.3) is 0 Å². The van der Waals surface area contributed by atoms with Gasteiger partial charge in [0.15, 0.2) is 0 Å². The average Bonchev–Trinajstić information content (AvgIpc) is 2.98. The van der Waals surface area contributed by atoms with Gasteiger partial charge in [-0.1, -0.05) is 35.4 Å². The first-order valence-electron chi connectivity index (χ1n) is 14.1. The van der Waals surface area contributed by atoms with Crippen molar-refractivity contribution >= 4 is 34.4 Å². The Bertz CT molecular complexity index is 1220. The molecule has 230 valence electrons. The third-order valence-electron chi connectivity index (χ3n) is 7.03. The summed E-state index contributed by atoms with van der Waals surface area (Å²) in [4.78, 5) is 47.8. The quantitative estimate of drug-likeness (QED) is 0.188. The maximum absolute atomic E-state index is 12.2. The highest BCUT2D eigenvalue weighted by Crippen LogP contribution is 2.42. The summed E-state index contributed by atoms with van der Waals surface area (Å²) < 4.78 is 0. The minimum Gasteiger partial charge on any atom is -0.396 e. The molecule has 12 heteroatoms. The summed E-state index contributed by atoms with van der Waals surface area (Å²) in [5.74, 6) is 0. The van der Waals surface area contributed by atoms with E-state index in [4.69, 9.17) is 9.97 Å². The Hall–Kier alpha value is -2.80. The molecule has 0 fully saturated rings. The van der Waals surface area contributed by atoms with Crippen LogP contribution in [-0.4, -0.2) is 66.0 Å². The van der Waals surface area contributed by atoms with Crippen molar-refractivity contribution in [3.05, 3.63) is 66.8 Å². The van der Waals surface area contributed by atoms with Gasteiger partial charge in [0.05, 0.1) is 58.6 Å². The number of allylic oxidation sites excluding steroid dienone is 2. The number of carbonyl (C=O) groups is 2. The first-order valence-corrected chi connectivity index (χ1v) is 16.2. The summed E-state index contributed by atoms with van der Waals surface area (Å²) in [6.45, 7) is 15.7. The molecule has 10 nitrogen and oxygen atoms in total. The Labute approximate surface area is 257 Å². The van der Waals surface area contributed by atoms with Crippen molar-refractivity contribution in [2.75, 3.05) is 13.2 Å². The molecule has 0 aromatic carbocycles. The smallest absolute Gasteiger partial charge is 0.214 e. The monoisotopic (exact) mass is 616 g/mol. The van der Waals surface area contributed by atoms with E-state index in [-0.39, 0.29) is 26.3 Å². The fourth-order valence-corrected chi connectivity index (χ4v) is 7.20. The van der Waals surface area contributed by atoms with Crippen molar-refractivity contribution in [3.8, 4) is 0 Å². The number of amides is 2. The summed E-state index contributed by atoms with van der Waals surface area (Å²) in [6, 6.07) is 0. The number of rotatable bonds is 17. The van der Waals surface area contributed by atoms with Crippen LogP contribution in [0.2, 0.25) is 0 Å². The lowest BCUT2D eigenvalue weighted by Gasteiger charge is -2.24. The van der Waals surface area contributed by atoms with Gasteiger partial charge in [-0.2, -0.15) is 0 Å². The molecule has 0 radical (unpaired) electrons. The van der Waals surface area contributed by atoms with Gasteiger partial charge in [0.2, 0.25) is 12.8 Å². The highest BCUT2D eigenvalue weighted by Gasteiger charge is 2.19. The summed E-state index contributed by atoms with van der Waals surface area (Å²) in [7, 11) is 2.81. The zero-order chi connectivity index (χ0) is 31.4. The van der Waals surface area contributed by atoms with Crippen LogP contribution < -0.4 is 0 Å². The molecule has 2 aromatic heterocycles. The highest BCUT2D eigenvalue weighted by atomic mass is 33.1. The van der Waals surface area contributed by atoms with E-state index in [1.54, 1.807) is 9.80 Å². The van der Waals surface area contributed by atoms with E-state index in [2.05, 4.69) is 9.97 Å². The molecule has 0 spiro atoms. The number of nitrogens with zero attached hydrogens (tertiary/aromatic N) is 6. The van der Waals surface area contributed by atoms with Gasteiger partial charge in [-0.25, -0.2) is 0 Å². The Morgan fingerprint density at radius 3 is 1.24 bits per heavy atom. The molecular formula is C30H44N6O4S2. The minimum absolute atomic E-state index is 0.0976. The Morgan fingerprint density at radius 2 is 0.952 bits per heavy atom. The number of hydrogen-bond acceptors (Lipinski definition) is 10. The predicted molar refractivity (Wildman–Crippen MR) is 169 cm³/mol. The average molecular weight is 617 g/mol. The van der Waals surface area contributed by atoms with E-state index >= 15 is 0 Å². The summed E-state index contributed by atoms with van der Waals surface area (Å²) >= 11 is 0. The van der Waals surface area contributed by atoms with Gasteiger partial charge in [-0.15, -0.1) is 0 Å².